The monoisotopic (exact) mass is 306 g/mol. The Hall–Kier alpha value is -0.250. The highest BCUT2D eigenvalue weighted by molar-refractivity contribution is 7.86. The van der Waals surface area contributed by atoms with Crippen molar-refractivity contribution in [3.05, 3.63) is 0 Å². The molecule has 1 unspecified atom stereocenters. The molecule has 2 aliphatic heterocycles. The number of nitrogens with two attached hydrogens (primary N) is 1. The third kappa shape index (κ3) is 3.49. The first-order valence-electron chi connectivity index (χ1n) is 7.36. The van der Waals surface area contributed by atoms with Gasteiger partial charge in [0, 0.05) is 51.9 Å². The van der Waals surface area contributed by atoms with Gasteiger partial charge in [0.05, 0.1) is 13.2 Å². The molecule has 0 radical (unpaired) electrons. The molecule has 1 atom stereocenters. The van der Waals surface area contributed by atoms with Crippen molar-refractivity contribution in [3.63, 3.8) is 0 Å². The number of piperazine rings is 1. The molecule has 2 N–H and O–H groups in total. The Morgan fingerprint density at radius 3 is 2.10 bits per heavy atom. The van der Waals surface area contributed by atoms with Crippen LogP contribution in [0.1, 0.15) is 13.3 Å². The fourth-order valence-electron chi connectivity index (χ4n) is 2.81. The van der Waals surface area contributed by atoms with E-state index >= 15 is 0 Å². The van der Waals surface area contributed by atoms with Gasteiger partial charge >= 0.3 is 0 Å². The second-order valence-electron chi connectivity index (χ2n) is 5.25. The number of nitrogens with zero attached hydrogens (tertiary/aromatic N) is 3. The van der Waals surface area contributed by atoms with Crippen molar-refractivity contribution in [1.82, 2.24) is 13.5 Å². The van der Waals surface area contributed by atoms with Crippen LogP contribution in [0.3, 0.4) is 0 Å². The van der Waals surface area contributed by atoms with Crippen LogP contribution in [0.5, 0.6) is 0 Å². The van der Waals surface area contributed by atoms with Gasteiger partial charge in [-0.3, -0.25) is 4.90 Å². The van der Waals surface area contributed by atoms with Crippen LogP contribution in [-0.2, 0) is 14.9 Å². The lowest BCUT2D eigenvalue weighted by Crippen LogP contribution is -2.57. The van der Waals surface area contributed by atoms with E-state index in [2.05, 4.69) is 11.8 Å². The molecular weight excluding hydrogens is 280 g/mol. The summed E-state index contributed by atoms with van der Waals surface area (Å²) in [5.41, 5.74) is 5.76. The Bertz CT molecular complexity index is 386. The molecule has 0 saturated carbocycles. The first-order chi connectivity index (χ1) is 9.59. The largest absolute Gasteiger partial charge is 0.379 e. The minimum Gasteiger partial charge on any atom is -0.379 e. The fraction of sp³-hybridized carbons (Fsp3) is 1.00. The lowest BCUT2D eigenvalue weighted by Gasteiger charge is -2.40. The zero-order valence-corrected chi connectivity index (χ0v) is 13.0. The Labute approximate surface area is 121 Å². The number of hydrogen-bond acceptors (Lipinski definition) is 5. The summed E-state index contributed by atoms with van der Waals surface area (Å²) in [6, 6.07) is 0.364. The number of hydrogen-bond donors (Lipinski definition) is 1. The van der Waals surface area contributed by atoms with Crippen LogP contribution in [-0.4, -0.2) is 87.0 Å². The van der Waals surface area contributed by atoms with E-state index in [9.17, 15) is 8.42 Å². The first-order valence-corrected chi connectivity index (χ1v) is 8.76. The Balaban J connectivity index is 1.92. The van der Waals surface area contributed by atoms with Crippen LogP contribution >= 0.6 is 0 Å². The van der Waals surface area contributed by atoms with E-state index in [1.807, 2.05) is 0 Å². The SMILES string of the molecule is CCC(CN)N1CCN(S(=O)(=O)N2CCOCC2)CC1. The average molecular weight is 306 g/mol. The van der Waals surface area contributed by atoms with Crippen LogP contribution in [0.25, 0.3) is 0 Å². The summed E-state index contributed by atoms with van der Waals surface area (Å²) in [6.45, 7) is 7.28. The van der Waals surface area contributed by atoms with Gasteiger partial charge < -0.3 is 10.5 Å². The zero-order valence-electron chi connectivity index (χ0n) is 12.2. The molecule has 0 aliphatic carbocycles. The second-order valence-corrected chi connectivity index (χ2v) is 7.18. The van der Waals surface area contributed by atoms with Crippen molar-refractivity contribution in [2.24, 2.45) is 5.73 Å². The van der Waals surface area contributed by atoms with Crippen molar-refractivity contribution < 1.29 is 13.2 Å². The number of morpholine rings is 1. The molecule has 2 saturated heterocycles. The molecule has 7 nitrogen and oxygen atoms in total. The van der Waals surface area contributed by atoms with Crippen molar-refractivity contribution in [3.8, 4) is 0 Å². The van der Waals surface area contributed by atoms with Crippen LogP contribution in [0.15, 0.2) is 0 Å². The van der Waals surface area contributed by atoms with Gasteiger partial charge in [0.15, 0.2) is 0 Å². The minimum absolute atomic E-state index is 0.364. The third-order valence-corrected chi connectivity index (χ3v) is 6.19. The van der Waals surface area contributed by atoms with Gasteiger partial charge in [-0.15, -0.1) is 0 Å². The zero-order chi connectivity index (χ0) is 14.6. The van der Waals surface area contributed by atoms with E-state index in [1.165, 1.54) is 4.31 Å². The van der Waals surface area contributed by atoms with E-state index in [0.29, 0.717) is 52.0 Å². The van der Waals surface area contributed by atoms with Gasteiger partial charge in [-0.1, -0.05) is 6.92 Å². The van der Waals surface area contributed by atoms with Crippen LogP contribution in [0, 0.1) is 0 Å². The molecule has 0 amide bonds. The standard InChI is InChI=1S/C12H26N4O3S/c1-2-12(11-13)14-3-5-15(6-4-14)20(17,18)16-7-9-19-10-8-16/h12H,2-11,13H2,1H3. The lowest BCUT2D eigenvalue weighted by atomic mass is 10.1. The minimum atomic E-state index is -3.32. The number of ether oxygens (including phenoxy) is 1. The van der Waals surface area contributed by atoms with Gasteiger partial charge in [-0.05, 0) is 6.42 Å². The lowest BCUT2D eigenvalue weighted by molar-refractivity contribution is 0.0673. The summed E-state index contributed by atoms with van der Waals surface area (Å²) in [6.07, 6.45) is 1.01. The van der Waals surface area contributed by atoms with Gasteiger partial charge in [-0.25, -0.2) is 0 Å². The number of rotatable bonds is 5. The molecule has 20 heavy (non-hydrogen) atoms. The van der Waals surface area contributed by atoms with Crippen LogP contribution in [0.4, 0.5) is 0 Å². The predicted octanol–water partition coefficient (Wildman–Crippen LogP) is -1.08. The molecule has 118 valence electrons. The molecule has 2 rings (SSSR count). The first kappa shape index (κ1) is 16.1. The normalized spacial score (nSPS) is 25.7. The highest BCUT2D eigenvalue weighted by Gasteiger charge is 2.34. The van der Waals surface area contributed by atoms with E-state index in [0.717, 1.165) is 19.5 Å². The Kier molecular flexibility index (Phi) is 5.76. The van der Waals surface area contributed by atoms with Crippen molar-refractivity contribution in [2.45, 2.75) is 19.4 Å². The molecule has 2 fully saturated rings. The van der Waals surface area contributed by atoms with Gasteiger partial charge in [0.2, 0.25) is 0 Å². The smallest absolute Gasteiger partial charge is 0.282 e. The molecule has 0 aromatic carbocycles. The quantitative estimate of drug-likeness (QED) is 0.699. The van der Waals surface area contributed by atoms with Crippen molar-refractivity contribution in [2.75, 3.05) is 59.0 Å². The van der Waals surface area contributed by atoms with E-state index in [1.54, 1.807) is 4.31 Å². The van der Waals surface area contributed by atoms with Gasteiger partial charge in [0.1, 0.15) is 0 Å². The summed E-state index contributed by atoms with van der Waals surface area (Å²) in [5.74, 6) is 0. The summed E-state index contributed by atoms with van der Waals surface area (Å²) >= 11 is 0. The summed E-state index contributed by atoms with van der Waals surface area (Å²) in [4.78, 5) is 2.30. The van der Waals surface area contributed by atoms with Crippen LogP contribution in [0.2, 0.25) is 0 Å². The molecular formula is C12H26N4O3S. The molecule has 0 aromatic heterocycles. The second kappa shape index (κ2) is 7.15. The molecule has 2 heterocycles. The molecule has 0 spiro atoms. The van der Waals surface area contributed by atoms with Gasteiger partial charge in [-0.2, -0.15) is 17.0 Å². The predicted molar refractivity (Wildman–Crippen MR) is 77.6 cm³/mol. The highest BCUT2D eigenvalue weighted by Crippen LogP contribution is 2.15. The molecule has 0 bridgehead atoms. The maximum atomic E-state index is 12.5. The molecule has 8 heteroatoms. The maximum absolute atomic E-state index is 12.5. The van der Waals surface area contributed by atoms with Crippen LogP contribution < -0.4 is 5.73 Å². The highest BCUT2D eigenvalue weighted by atomic mass is 32.2. The summed E-state index contributed by atoms with van der Waals surface area (Å²) in [7, 11) is -3.32. The topological polar surface area (TPSA) is 79.1 Å². The van der Waals surface area contributed by atoms with Gasteiger partial charge in [0.25, 0.3) is 10.2 Å². The van der Waals surface area contributed by atoms with Crippen molar-refractivity contribution in [1.29, 1.82) is 0 Å². The Morgan fingerprint density at radius 1 is 1.05 bits per heavy atom. The third-order valence-electron chi connectivity index (χ3n) is 4.16. The maximum Gasteiger partial charge on any atom is 0.282 e. The Morgan fingerprint density at radius 2 is 1.60 bits per heavy atom. The molecule has 0 aromatic rings. The van der Waals surface area contributed by atoms with E-state index in [-0.39, 0.29) is 0 Å². The van der Waals surface area contributed by atoms with E-state index in [4.69, 9.17) is 10.5 Å². The van der Waals surface area contributed by atoms with Crippen molar-refractivity contribution >= 4 is 10.2 Å². The summed E-state index contributed by atoms with van der Waals surface area (Å²) in [5, 5.41) is 0. The fourth-order valence-corrected chi connectivity index (χ4v) is 4.38. The summed E-state index contributed by atoms with van der Waals surface area (Å²) < 4.78 is 33.4. The average Bonchev–Trinajstić information content (AvgIpc) is 2.50. The molecule has 2 aliphatic rings. The van der Waals surface area contributed by atoms with E-state index < -0.39 is 10.2 Å².